The van der Waals surface area contributed by atoms with Gasteiger partial charge in [-0.3, -0.25) is 0 Å². The molecule has 1 aliphatic heterocycles. The van der Waals surface area contributed by atoms with Crippen molar-refractivity contribution >= 4 is 18.5 Å². The molecule has 5 nitrogen and oxygen atoms in total. The first-order valence-electron chi connectivity index (χ1n) is 9.66. The third kappa shape index (κ3) is 5.40. The van der Waals surface area contributed by atoms with Crippen LogP contribution in [-0.2, 0) is 17.6 Å². The highest BCUT2D eigenvalue weighted by Gasteiger charge is 2.30. The maximum atomic E-state index is 12.7. The van der Waals surface area contributed by atoms with E-state index in [0.717, 1.165) is 30.6 Å². The molecule has 0 saturated carbocycles. The van der Waals surface area contributed by atoms with E-state index in [2.05, 4.69) is 24.3 Å². The number of hydrogen-bond donors (Lipinski definition) is 1. The minimum absolute atomic E-state index is 0. The minimum Gasteiger partial charge on any atom is -0.492 e. The number of ether oxygens (including phenoxy) is 2. The second-order valence-corrected chi connectivity index (χ2v) is 6.70. The van der Waals surface area contributed by atoms with E-state index in [0.29, 0.717) is 26.3 Å². The first-order chi connectivity index (χ1) is 13.2. The molecule has 1 heterocycles. The average molecular weight is 405 g/mol. The highest BCUT2D eigenvalue weighted by atomic mass is 35.5. The number of carbonyl (C=O) groups excluding carboxylic acids is 1. The number of carbonyl (C=O) groups is 1. The third-order valence-corrected chi connectivity index (χ3v) is 4.86. The van der Waals surface area contributed by atoms with Crippen molar-refractivity contribution in [1.82, 2.24) is 4.90 Å². The van der Waals surface area contributed by atoms with E-state index in [-0.39, 0.29) is 24.5 Å². The smallest absolute Gasteiger partial charge is 0.410 e. The molecule has 0 aliphatic carbocycles. The molecular formula is C22H29ClN2O3. The zero-order chi connectivity index (χ0) is 19.1. The summed E-state index contributed by atoms with van der Waals surface area (Å²) < 4.78 is 11.1. The Morgan fingerprint density at radius 2 is 2.00 bits per heavy atom. The highest BCUT2D eigenvalue weighted by Crippen LogP contribution is 2.34. The Labute approximate surface area is 173 Å². The van der Waals surface area contributed by atoms with E-state index >= 15 is 0 Å². The van der Waals surface area contributed by atoms with E-state index in [1.165, 1.54) is 11.1 Å². The van der Waals surface area contributed by atoms with Gasteiger partial charge in [-0.15, -0.1) is 12.4 Å². The van der Waals surface area contributed by atoms with Gasteiger partial charge < -0.3 is 20.1 Å². The zero-order valence-electron chi connectivity index (χ0n) is 16.3. The van der Waals surface area contributed by atoms with Gasteiger partial charge in [0.15, 0.2) is 0 Å². The topological polar surface area (TPSA) is 64.8 Å². The summed E-state index contributed by atoms with van der Waals surface area (Å²) in [5.41, 5.74) is 9.17. The van der Waals surface area contributed by atoms with Crippen molar-refractivity contribution in [3.63, 3.8) is 0 Å². The normalized spacial score (nSPS) is 15.8. The Morgan fingerprint density at radius 1 is 1.21 bits per heavy atom. The molecule has 0 bridgehead atoms. The lowest BCUT2D eigenvalue weighted by atomic mass is 9.93. The standard InChI is InChI=1S/C22H28N2O3.ClH/c1-2-26-22(25)24-13-6-9-18-10-11-19(27-14-12-23)16-20(18)21(24)15-17-7-4-3-5-8-17;/h3-5,7-8,10-11,16,21H,2,6,9,12-15,23H2,1H3;1H. The zero-order valence-corrected chi connectivity index (χ0v) is 17.1. The Morgan fingerprint density at radius 3 is 2.71 bits per heavy atom. The molecule has 3 rings (SSSR count). The van der Waals surface area contributed by atoms with Crippen LogP contribution < -0.4 is 10.5 Å². The Hall–Kier alpha value is -2.24. The number of benzene rings is 2. The molecule has 2 aromatic rings. The van der Waals surface area contributed by atoms with Crippen LogP contribution in [0.2, 0.25) is 0 Å². The summed E-state index contributed by atoms with van der Waals surface area (Å²) in [7, 11) is 0. The lowest BCUT2D eigenvalue weighted by Crippen LogP contribution is -2.36. The molecule has 1 unspecified atom stereocenters. The summed E-state index contributed by atoms with van der Waals surface area (Å²) in [6, 6.07) is 16.4. The van der Waals surface area contributed by atoms with Gasteiger partial charge in [0.25, 0.3) is 0 Å². The second-order valence-electron chi connectivity index (χ2n) is 6.70. The molecule has 2 aromatic carbocycles. The maximum Gasteiger partial charge on any atom is 0.410 e. The average Bonchev–Trinajstić information content (AvgIpc) is 2.87. The molecule has 1 aliphatic rings. The predicted octanol–water partition coefficient (Wildman–Crippen LogP) is 4.13. The van der Waals surface area contributed by atoms with Gasteiger partial charge >= 0.3 is 6.09 Å². The molecule has 28 heavy (non-hydrogen) atoms. The lowest BCUT2D eigenvalue weighted by Gasteiger charge is -2.30. The van der Waals surface area contributed by atoms with Crippen LogP contribution in [0.5, 0.6) is 5.75 Å². The molecule has 0 spiro atoms. The summed E-state index contributed by atoms with van der Waals surface area (Å²) in [6.07, 6.45) is 2.35. The van der Waals surface area contributed by atoms with Crippen molar-refractivity contribution in [2.45, 2.75) is 32.2 Å². The predicted molar refractivity (Wildman–Crippen MR) is 113 cm³/mol. The van der Waals surface area contributed by atoms with Crippen LogP contribution in [0.25, 0.3) is 0 Å². The van der Waals surface area contributed by atoms with Crippen LogP contribution in [0.3, 0.4) is 0 Å². The van der Waals surface area contributed by atoms with Gasteiger partial charge in [-0.05, 0) is 55.0 Å². The summed E-state index contributed by atoms with van der Waals surface area (Å²) in [6.45, 7) is 3.85. The van der Waals surface area contributed by atoms with Gasteiger partial charge in [0.2, 0.25) is 0 Å². The molecular weight excluding hydrogens is 376 g/mol. The molecule has 1 amide bonds. The van der Waals surface area contributed by atoms with E-state index in [9.17, 15) is 4.79 Å². The quantitative estimate of drug-likeness (QED) is 0.786. The lowest BCUT2D eigenvalue weighted by molar-refractivity contribution is 0.0904. The molecule has 152 valence electrons. The van der Waals surface area contributed by atoms with Gasteiger partial charge in [-0.25, -0.2) is 4.79 Å². The SMILES string of the molecule is CCOC(=O)N1CCCc2ccc(OCCN)cc2C1Cc1ccccc1.Cl. The maximum absolute atomic E-state index is 12.7. The van der Waals surface area contributed by atoms with E-state index in [1.807, 2.05) is 36.1 Å². The van der Waals surface area contributed by atoms with Crippen LogP contribution in [-0.4, -0.2) is 37.3 Å². The van der Waals surface area contributed by atoms with E-state index in [1.54, 1.807) is 0 Å². The fraction of sp³-hybridized carbons (Fsp3) is 0.409. The first-order valence-corrected chi connectivity index (χ1v) is 9.66. The van der Waals surface area contributed by atoms with E-state index in [4.69, 9.17) is 15.2 Å². The van der Waals surface area contributed by atoms with Gasteiger partial charge in [0.1, 0.15) is 12.4 Å². The number of rotatable bonds is 6. The third-order valence-electron chi connectivity index (χ3n) is 4.86. The monoisotopic (exact) mass is 404 g/mol. The molecule has 2 N–H and O–H groups in total. The summed E-state index contributed by atoms with van der Waals surface area (Å²) in [5, 5.41) is 0. The molecule has 0 fully saturated rings. The Bertz CT molecular complexity index is 755. The van der Waals surface area contributed by atoms with E-state index < -0.39 is 0 Å². The van der Waals surface area contributed by atoms with Crippen molar-refractivity contribution in [1.29, 1.82) is 0 Å². The number of halogens is 1. The van der Waals surface area contributed by atoms with Crippen LogP contribution in [0.1, 0.15) is 36.1 Å². The molecule has 1 atom stereocenters. The number of amides is 1. The van der Waals surface area contributed by atoms with Crippen LogP contribution in [0, 0.1) is 0 Å². The van der Waals surface area contributed by atoms with Gasteiger partial charge in [-0.2, -0.15) is 0 Å². The van der Waals surface area contributed by atoms with Crippen LogP contribution >= 0.6 is 12.4 Å². The van der Waals surface area contributed by atoms with Crippen molar-refractivity contribution < 1.29 is 14.3 Å². The Balaban J connectivity index is 0.00000280. The van der Waals surface area contributed by atoms with Crippen LogP contribution in [0.15, 0.2) is 48.5 Å². The number of hydrogen-bond acceptors (Lipinski definition) is 4. The minimum atomic E-state index is -0.250. The Kier molecular flexibility index (Phi) is 8.61. The molecule has 0 aromatic heterocycles. The van der Waals surface area contributed by atoms with Crippen LogP contribution in [0.4, 0.5) is 4.79 Å². The number of aryl methyl sites for hydroxylation is 1. The summed E-state index contributed by atoms with van der Waals surface area (Å²) >= 11 is 0. The number of nitrogens with zero attached hydrogens (tertiary/aromatic N) is 1. The number of fused-ring (bicyclic) bond motifs is 1. The van der Waals surface area contributed by atoms with Crippen molar-refractivity contribution in [2.24, 2.45) is 5.73 Å². The highest BCUT2D eigenvalue weighted by molar-refractivity contribution is 5.85. The number of nitrogens with two attached hydrogens (primary N) is 1. The largest absolute Gasteiger partial charge is 0.492 e. The van der Waals surface area contributed by atoms with Gasteiger partial charge in [-0.1, -0.05) is 36.4 Å². The summed E-state index contributed by atoms with van der Waals surface area (Å²) in [4.78, 5) is 14.5. The molecule has 6 heteroatoms. The fourth-order valence-electron chi connectivity index (χ4n) is 3.62. The summed E-state index contributed by atoms with van der Waals surface area (Å²) in [5.74, 6) is 0.794. The van der Waals surface area contributed by atoms with Crippen molar-refractivity contribution in [2.75, 3.05) is 26.3 Å². The molecule has 0 saturated heterocycles. The molecule has 0 radical (unpaired) electrons. The fourth-order valence-corrected chi connectivity index (χ4v) is 3.62. The van der Waals surface area contributed by atoms with Crippen molar-refractivity contribution in [3.8, 4) is 5.75 Å². The van der Waals surface area contributed by atoms with Gasteiger partial charge in [0, 0.05) is 13.1 Å². The first kappa shape index (κ1) is 22.1. The second kappa shape index (κ2) is 10.9. The van der Waals surface area contributed by atoms with Crippen molar-refractivity contribution in [3.05, 3.63) is 65.2 Å². The van der Waals surface area contributed by atoms with Gasteiger partial charge in [0.05, 0.1) is 12.6 Å².